The minimum Gasteiger partial charge on any atom is -0.464 e. The molecule has 20 heavy (non-hydrogen) atoms. The Morgan fingerprint density at radius 2 is 2.20 bits per heavy atom. The number of rotatable bonds is 6. The number of aromatic nitrogens is 1. The van der Waals surface area contributed by atoms with E-state index in [9.17, 15) is 9.90 Å². The van der Waals surface area contributed by atoms with E-state index in [2.05, 4.69) is 15.0 Å². The predicted octanol–water partition coefficient (Wildman–Crippen LogP) is 1.28. The van der Waals surface area contributed by atoms with Crippen LogP contribution in [-0.4, -0.2) is 29.8 Å². The summed E-state index contributed by atoms with van der Waals surface area (Å²) in [7, 11) is 1.27. The first-order valence-corrected chi connectivity index (χ1v) is 6.16. The van der Waals surface area contributed by atoms with E-state index in [1.54, 1.807) is 0 Å². The van der Waals surface area contributed by atoms with Gasteiger partial charge in [-0.05, 0) is 5.56 Å². The second-order valence-corrected chi connectivity index (χ2v) is 4.16. The van der Waals surface area contributed by atoms with Crippen molar-refractivity contribution in [2.75, 3.05) is 13.7 Å². The lowest BCUT2D eigenvalue weighted by Crippen LogP contribution is -2.24. The fourth-order valence-corrected chi connectivity index (χ4v) is 1.71. The lowest BCUT2D eigenvalue weighted by atomic mass is 10.2. The fourth-order valence-electron chi connectivity index (χ4n) is 1.71. The van der Waals surface area contributed by atoms with E-state index in [1.807, 2.05) is 30.3 Å². The summed E-state index contributed by atoms with van der Waals surface area (Å²) in [5.74, 6) is -0.316. The summed E-state index contributed by atoms with van der Waals surface area (Å²) in [5, 5.41) is 12.5. The molecule has 0 fully saturated rings. The van der Waals surface area contributed by atoms with E-state index in [0.717, 1.165) is 5.56 Å². The van der Waals surface area contributed by atoms with Crippen LogP contribution in [0.15, 0.2) is 41.0 Å². The van der Waals surface area contributed by atoms with Gasteiger partial charge in [-0.2, -0.15) is 0 Å². The van der Waals surface area contributed by atoms with Gasteiger partial charge in [0.25, 0.3) is 0 Å². The number of methoxy groups -OCH3 is 1. The maximum absolute atomic E-state index is 11.3. The summed E-state index contributed by atoms with van der Waals surface area (Å²) in [5.41, 5.74) is 1.16. The monoisotopic (exact) mass is 276 g/mol. The van der Waals surface area contributed by atoms with Crippen molar-refractivity contribution in [1.29, 1.82) is 0 Å². The summed E-state index contributed by atoms with van der Waals surface area (Å²) in [6, 6.07) is 9.27. The van der Waals surface area contributed by atoms with E-state index in [1.165, 1.54) is 13.4 Å². The van der Waals surface area contributed by atoms with Gasteiger partial charge >= 0.3 is 5.97 Å². The SMILES string of the molecule is COC(=O)c1coc([C@@H](CO)NCc2ccccc2)n1. The highest BCUT2D eigenvalue weighted by atomic mass is 16.5. The Morgan fingerprint density at radius 3 is 2.85 bits per heavy atom. The molecule has 0 aliphatic carbocycles. The minimum absolute atomic E-state index is 0.0856. The molecule has 2 N–H and O–H groups in total. The van der Waals surface area contributed by atoms with Crippen molar-refractivity contribution in [3.8, 4) is 0 Å². The largest absolute Gasteiger partial charge is 0.464 e. The van der Waals surface area contributed by atoms with Crippen LogP contribution in [0.25, 0.3) is 0 Å². The van der Waals surface area contributed by atoms with Gasteiger partial charge in [0.15, 0.2) is 5.69 Å². The fraction of sp³-hybridized carbons (Fsp3) is 0.286. The molecule has 1 atom stereocenters. The smallest absolute Gasteiger partial charge is 0.360 e. The lowest BCUT2D eigenvalue weighted by Gasteiger charge is -2.12. The minimum atomic E-state index is -0.570. The molecule has 0 aliphatic heterocycles. The van der Waals surface area contributed by atoms with E-state index >= 15 is 0 Å². The average molecular weight is 276 g/mol. The second-order valence-electron chi connectivity index (χ2n) is 4.16. The molecule has 0 bridgehead atoms. The van der Waals surface area contributed by atoms with Gasteiger partial charge < -0.3 is 14.3 Å². The third kappa shape index (κ3) is 3.43. The van der Waals surface area contributed by atoms with Crippen molar-refractivity contribution < 1.29 is 19.1 Å². The van der Waals surface area contributed by atoms with Crippen molar-refractivity contribution in [3.63, 3.8) is 0 Å². The van der Waals surface area contributed by atoms with Gasteiger partial charge in [0, 0.05) is 6.54 Å². The first-order chi connectivity index (χ1) is 9.74. The molecule has 106 valence electrons. The normalized spacial score (nSPS) is 12.1. The number of esters is 1. The molecule has 6 heteroatoms. The summed E-state index contributed by atoms with van der Waals surface area (Å²) in [6.07, 6.45) is 1.22. The molecule has 0 amide bonds. The lowest BCUT2D eigenvalue weighted by molar-refractivity contribution is 0.0594. The van der Waals surface area contributed by atoms with Crippen molar-refractivity contribution in [1.82, 2.24) is 10.3 Å². The molecule has 0 saturated heterocycles. The van der Waals surface area contributed by atoms with Crippen molar-refractivity contribution in [2.45, 2.75) is 12.6 Å². The van der Waals surface area contributed by atoms with Gasteiger partial charge in [0.2, 0.25) is 5.89 Å². The Hall–Kier alpha value is -2.18. The summed E-state index contributed by atoms with van der Waals surface area (Å²) in [6.45, 7) is 0.371. The number of aliphatic hydroxyl groups excluding tert-OH is 1. The number of nitrogens with one attached hydrogen (secondary N) is 1. The number of oxazole rings is 1. The van der Waals surface area contributed by atoms with Crippen LogP contribution < -0.4 is 5.32 Å². The van der Waals surface area contributed by atoms with Crippen LogP contribution in [-0.2, 0) is 11.3 Å². The number of nitrogens with zero attached hydrogens (tertiary/aromatic N) is 1. The summed E-state index contributed by atoms with van der Waals surface area (Å²) >= 11 is 0. The van der Waals surface area contributed by atoms with Gasteiger partial charge in [-0.25, -0.2) is 9.78 Å². The first-order valence-electron chi connectivity index (χ1n) is 6.16. The summed E-state index contributed by atoms with van der Waals surface area (Å²) < 4.78 is 9.74. The Kier molecular flexibility index (Phi) is 4.86. The molecule has 1 aromatic heterocycles. The third-order valence-corrected chi connectivity index (χ3v) is 2.79. The van der Waals surface area contributed by atoms with E-state index in [4.69, 9.17) is 4.42 Å². The van der Waals surface area contributed by atoms with Crippen molar-refractivity contribution in [3.05, 3.63) is 53.7 Å². The highest BCUT2D eigenvalue weighted by Crippen LogP contribution is 2.13. The van der Waals surface area contributed by atoms with Crippen LogP contribution in [0.3, 0.4) is 0 Å². The molecule has 1 aromatic carbocycles. The number of hydrogen-bond donors (Lipinski definition) is 2. The molecule has 0 aliphatic rings. The standard InChI is InChI=1S/C14H16N2O4/c1-19-14(18)12-9-20-13(16-12)11(8-17)15-7-10-5-3-2-4-6-10/h2-6,9,11,15,17H,7-8H2,1H3/t11-/m1/s1. The van der Waals surface area contributed by atoms with Gasteiger partial charge in [-0.1, -0.05) is 30.3 Å². The molecule has 0 spiro atoms. The van der Waals surface area contributed by atoms with Crippen LogP contribution in [0.4, 0.5) is 0 Å². The van der Waals surface area contributed by atoms with Gasteiger partial charge in [-0.3, -0.25) is 5.32 Å². The topological polar surface area (TPSA) is 84.6 Å². The third-order valence-electron chi connectivity index (χ3n) is 2.79. The zero-order chi connectivity index (χ0) is 14.4. The maximum Gasteiger partial charge on any atom is 0.360 e. The zero-order valence-corrected chi connectivity index (χ0v) is 11.1. The van der Waals surface area contributed by atoms with Crippen molar-refractivity contribution >= 4 is 5.97 Å². The number of carbonyl (C=O) groups is 1. The summed E-state index contributed by atoms with van der Waals surface area (Å²) in [4.78, 5) is 15.3. The van der Waals surface area contributed by atoms with E-state index in [-0.39, 0.29) is 18.2 Å². The number of hydrogen-bond acceptors (Lipinski definition) is 6. The molecule has 0 unspecified atom stereocenters. The first kappa shape index (κ1) is 14.2. The molecule has 2 aromatic rings. The Labute approximate surface area is 116 Å². The predicted molar refractivity (Wildman–Crippen MR) is 71.0 cm³/mol. The average Bonchev–Trinajstić information content (AvgIpc) is 2.98. The molecule has 1 heterocycles. The highest BCUT2D eigenvalue weighted by Gasteiger charge is 2.19. The Morgan fingerprint density at radius 1 is 1.45 bits per heavy atom. The highest BCUT2D eigenvalue weighted by molar-refractivity contribution is 5.86. The van der Waals surface area contributed by atoms with Gasteiger partial charge in [-0.15, -0.1) is 0 Å². The number of ether oxygens (including phenoxy) is 1. The van der Waals surface area contributed by atoms with Crippen LogP contribution in [0.5, 0.6) is 0 Å². The molecule has 6 nitrogen and oxygen atoms in total. The van der Waals surface area contributed by atoms with E-state index < -0.39 is 12.0 Å². The van der Waals surface area contributed by atoms with Crippen LogP contribution in [0.2, 0.25) is 0 Å². The molecule has 2 rings (SSSR count). The quantitative estimate of drug-likeness (QED) is 0.773. The van der Waals surface area contributed by atoms with E-state index in [0.29, 0.717) is 6.54 Å². The number of benzene rings is 1. The number of aliphatic hydroxyl groups is 1. The van der Waals surface area contributed by atoms with Crippen LogP contribution in [0.1, 0.15) is 28.0 Å². The van der Waals surface area contributed by atoms with Gasteiger partial charge in [0.1, 0.15) is 12.3 Å². The van der Waals surface area contributed by atoms with Crippen molar-refractivity contribution in [2.24, 2.45) is 0 Å². The van der Waals surface area contributed by atoms with Crippen LogP contribution >= 0.6 is 0 Å². The molecular weight excluding hydrogens is 260 g/mol. The number of carbonyl (C=O) groups excluding carboxylic acids is 1. The Balaban J connectivity index is 2.01. The molecule has 0 saturated carbocycles. The zero-order valence-electron chi connectivity index (χ0n) is 11.1. The molecular formula is C14H16N2O4. The van der Waals surface area contributed by atoms with Gasteiger partial charge in [0.05, 0.1) is 13.7 Å². The Bertz CT molecular complexity index is 553. The maximum atomic E-state index is 11.3. The van der Waals surface area contributed by atoms with Crippen LogP contribution in [0, 0.1) is 0 Å². The second kappa shape index (κ2) is 6.83. The molecule has 0 radical (unpaired) electrons.